The van der Waals surface area contributed by atoms with E-state index in [1.165, 1.54) is 48.4 Å². The fraction of sp³-hybridized carbons (Fsp3) is 0. The summed E-state index contributed by atoms with van der Waals surface area (Å²) in [6.45, 7) is 0. The zero-order valence-electron chi connectivity index (χ0n) is 16.9. The smallest absolute Gasteiger partial charge is 0.0541 e. The minimum Gasteiger partial charge on any atom is -0.309 e. The minimum absolute atomic E-state index is 1.09. The number of hydrogen-bond donors (Lipinski definition) is 0. The fourth-order valence-corrected chi connectivity index (χ4v) is 6.02. The summed E-state index contributed by atoms with van der Waals surface area (Å²) in [5.74, 6) is 0. The van der Waals surface area contributed by atoms with Gasteiger partial charge in [0, 0.05) is 35.2 Å². The SMILES string of the molecule is Brc1ccc2c(c1)c1cc(Br)ccc1n2-c1cccc(-c2ccc(-c3ccccc3)s2)c1. The lowest BCUT2D eigenvalue weighted by Crippen LogP contribution is -1.93. The van der Waals surface area contributed by atoms with Crippen LogP contribution in [0.25, 0.3) is 48.4 Å². The van der Waals surface area contributed by atoms with E-state index in [2.05, 4.69) is 140 Å². The highest BCUT2D eigenvalue weighted by Crippen LogP contribution is 2.38. The molecule has 0 radical (unpaired) electrons. The summed E-state index contributed by atoms with van der Waals surface area (Å²) in [5.41, 5.74) is 6.07. The lowest BCUT2D eigenvalue weighted by Gasteiger charge is -2.09. The van der Waals surface area contributed by atoms with Crippen molar-refractivity contribution in [2.24, 2.45) is 0 Å². The van der Waals surface area contributed by atoms with Gasteiger partial charge in [0.2, 0.25) is 0 Å². The van der Waals surface area contributed by atoms with Gasteiger partial charge in [-0.15, -0.1) is 11.3 Å². The van der Waals surface area contributed by atoms with Gasteiger partial charge in [-0.25, -0.2) is 0 Å². The molecule has 154 valence electrons. The molecular weight excluding hydrogens is 542 g/mol. The zero-order valence-corrected chi connectivity index (χ0v) is 20.9. The van der Waals surface area contributed by atoms with Crippen LogP contribution in [0.15, 0.2) is 112 Å². The van der Waals surface area contributed by atoms with E-state index in [1.54, 1.807) is 0 Å². The molecular formula is C28H17Br2NS. The van der Waals surface area contributed by atoms with Gasteiger partial charge < -0.3 is 4.57 Å². The van der Waals surface area contributed by atoms with E-state index in [-0.39, 0.29) is 0 Å². The van der Waals surface area contributed by atoms with Gasteiger partial charge in [-0.2, -0.15) is 0 Å². The van der Waals surface area contributed by atoms with Gasteiger partial charge in [0.05, 0.1) is 11.0 Å². The highest BCUT2D eigenvalue weighted by atomic mass is 79.9. The molecule has 0 aliphatic carbocycles. The summed E-state index contributed by atoms with van der Waals surface area (Å²) in [7, 11) is 0. The van der Waals surface area contributed by atoms with Crippen LogP contribution in [0.1, 0.15) is 0 Å². The van der Waals surface area contributed by atoms with Crippen LogP contribution in [0.3, 0.4) is 0 Å². The van der Waals surface area contributed by atoms with Crippen molar-refractivity contribution in [3.63, 3.8) is 0 Å². The Bertz CT molecular complexity index is 1540. The fourth-order valence-electron chi connectivity index (χ4n) is 4.29. The Morgan fingerprint density at radius 1 is 0.531 bits per heavy atom. The van der Waals surface area contributed by atoms with E-state index >= 15 is 0 Å². The predicted octanol–water partition coefficient (Wildman–Crippen LogP) is 9.70. The number of fused-ring (bicyclic) bond motifs is 3. The van der Waals surface area contributed by atoms with Gasteiger partial charge in [0.15, 0.2) is 0 Å². The molecule has 0 fully saturated rings. The third kappa shape index (κ3) is 3.43. The van der Waals surface area contributed by atoms with Crippen LogP contribution in [0.5, 0.6) is 0 Å². The van der Waals surface area contributed by atoms with Crippen molar-refractivity contribution in [1.29, 1.82) is 0 Å². The lowest BCUT2D eigenvalue weighted by molar-refractivity contribution is 1.18. The van der Waals surface area contributed by atoms with Crippen molar-refractivity contribution in [3.8, 4) is 26.6 Å². The largest absolute Gasteiger partial charge is 0.309 e. The maximum atomic E-state index is 3.65. The standard InChI is InChI=1S/C28H17Br2NS/c29-20-9-11-25-23(16-20)24-17-21(30)10-12-26(24)31(25)22-8-4-7-19(15-22)28-14-13-27(32-28)18-5-2-1-3-6-18/h1-17H. The summed E-state index contributed by atoms with van der Waals surface area (Å²) < 4.78 is 4.54. The maximum Gasteiger partial charge on any atom is 0.0541 e. The van der Waals surface area contributed by atoms with Crippen molar-refractivity contribution >= 4 is 65.0 Å². The summed E-state index contributed by atoms with van der Waals surface area (Å²) in [6.07, 6.45) is 0. The molecule has 0 atom stereocenters. The molecule has 0 bridgehead atoms. The number of thiophene rings is 1. The molecule has 1 nitrogen and oxygen atoms in total. The summed E-state index contributed by atoms with van der Waals surface area (Å²) in [4.78, 5) is 2.56. The third-order valence-electron chi connectivity index (χ3n) is 5.74. The Hall–Kier alpha value is -2.66. The van der Waals surface area contributed by atoms with Crippen LogP contribution < -0.4 is 0 Å². The highest BCUT2D eigenvalue weighted by molar-refractivity contribution is 9.10. The zero-order chi connectivity index (χ0) is 21.7. The molecule has 6 aromatic rings. The van der Waals surface area contributed by atoms with E-state index in [1.807, 2.05) is 11.3 Å². The van der Waals surface area contributed by atoms with Crippen molar-refractivity contribution in [2.45, 2.75) is 0 Å². The molecule has 0 aliphatic heterocycles. The van der Waals surface area contributed by atoms with Gasteiger partial charge in [0.25, 0.3) is 0 Å². The molecule has 4 heteroatoms. The number of rotatable bonds is 3. The highest BCUT2D eigenvalue weighted by Gasteiger charge is 2.14. The lowest BCUT2D eigenvalue weighted by atomic mass is 10.1. The third-order valence-corrected chi connectivity index (χ3v) is 7.91. The number of hydrogen-bond acceptors (Lipinski definition) is 1. The quantitative estimate of drug-likeness (QED) is 0.204. The second-order valence-corrected chi connectivity index (χ2v) is 10.7. The minimum atomic E-state index is 1.09. The van der Waals surface area contributed by atoms with E-state index in [4.69, 9.17) is 0 Å². The Kier molecular flexibility index (Phi) is 5.02. The van der Waals surface area contributed by atoms with Gasteiger partial charge in [-0.3, -0.25) is 0 Å². The molecule has 0 amide bonds. The van der Waals surface area contributed by atoms with Crippen LogP contribution in [0, 0.1) is 0 Å². The average Bonchev–Trinajstić information content (AvgIpc) is 3.43. The first-order valence-electron chi connectivity index (χ1n) is 10.3. The molecule has 0 saturated heterocycles. The maximum absolute atomic E-state index is 3.65. The van der Waals surface area contributed by atoms with Gasteiger partial charge in [-0.05, 0) is 71.8 Å². The van der Waals surface area contributed by atoms with Gasteiger partial charge in [-0.1, -0.05) is 74.3 Å². The topological polar surface area (TPSA) is 4.93 Å². The molecule has 0 N–H and O–H groups in total. The van der Waals surface area contributed by atoms with Crippen LogP contribution >= 0.6 is 43.2 Å². The van der Waals surface area contributed by atoms with Crippen molar-refractivity contribution in [1.82, 2.24) is 4.57 Å². The number of benzene rings is 4. The molecule has 6 rings (SSSR count). The summed E-state index contributed by atoms with van der Waals surface area (Å²) in [6, 6.07) is 36.9. The molecule has 0 aliphatic rings. The van der Waals surface area contributed by atoms with Gasteiger partial charge in [0.1, 0.15) is 0 Å². The van der Waals surface area contributed by atoms with Crippen LogP contribution in [0.4, 0.5) is 0 Å². The van der Waals surface area contributed by atoms with Crippen LogP contribution in [-0.4, -0.2) is 4.57 Å². The predicted molar refractivity (Wildman–Crippen MR) is 145 cm³/mol. The molecule has 0 unspecified atom stereocenters. The van der Waals surface area contributed by atoms with Crippen LogP contribution in [0.2, 0.25) is 0 Å². The molecule has 0 spiro atoms. The van der Waals surface area contributed by atoms with E-state index in [0.29, 0.717) is 0 Å². The van der Waals surface area contributed by atoms with Crippen molar-refractivity contribution < 1.29 is 0 Å². The van der Waals surface area contributed by atoms with Gasteiger partial charge >= 0.3 is 0 Å². The second-order valence-electron chi connectivity index (χ2n) is 7.74. The number of aromatic nitrogens is 1. The van der Waals surface area contributed by atoms with E-state index in [0.717, 1.165) is 8.95 Å². The Labute approximate surface area is 207 Å². The summed E-state index contributed by atoms with van der Waals surface area (Å²) in [5, 5.41) is 2.48. The number of nitrogens with zero attached hydrogens (tertiary/aromatic N) is 1. The Balaban J connectivity index is 1.52. The Morgan fingerprint density at radius 2 is 1.12 bits per heavy atom. The van der Waals surface area contributed by atoms with E-state index in [9.17, 15) is 0 Å². The second kappa shape index (κ2) is 8.04. The average molecular weight is 559 g/mol. The number of halogens is 2. The molecule has 4 aromatic carbocycles. The van der Waals surface area contributed by atoms with Crippen LogP contribution in [-0.2, 0) is 0 Å². The molecule has 32 heavy (non-hydrogen) atoms. The van der Waals surface area contributed by atoms with Crippen molar-refractivity contribution in [2.75, 3.05) is 0 Å². The normalized spacial score (nSPS) is 11.4. The summed E-state index contributed by atoms with van der Waals surface area (Å²) >= 11 is 9.13. The van der Waals surface area contributed by atoms with E-state index < -0.39 is 0 Å². The molecule has 2 aromatic heterocycles. The first-order valence-corrected chi connectivity index (χ1v) is 12.7. The Morgan fingerprint density at radius 3 is 1.78 bits per heavy atom. The van der Waals surface area contributed by atoms with Crippen molar-refractivity contribution in [3.05, 3.63) is 112 Å². The first kappa shape index (κ1) is 20.0. The molecule has 0 saturated carbocycles. The first-order chi connectivity index (χ1) is 15.7. The monoisotopic (exact) mass is 557 g/mol. The molecule has 2 heterocycles.